The molecule has 0 aliphatic heterocycles. The van der Waals surface area contributed by atoms with Crippen LogP contribution in [0.15, 0.2) is 42.7 Å². The summed E-state index contributed by atoms with van der Waals surface area (Å²) in [5.74, 6) is -0.878. The van der Waals surface area contributed by atoms with Crippen molar-refractivity contribution in [2.75, 3.05) is 0 Å². The number of nitrogens with two attached hydrogens (primary N) is 1. The number of halogens is 3. The molecule has 0 aliphatic carbocycles. The molecule has 0 aliphatic rings. The predicted octanol–water partition coefficient (Wildman–Crippen LogP) is 3.85. The van der Waals surface area contributed by atoms with Gasteiger partial charge < -0.3 is 5.73 Å². The van der Waals surface area contributed by atoms with Gasteiger partial charge in [-0.2, -0.15) is 0 Å². The minimum Gasteiger partial charge on any atom is -0.370 e. The maximum atomic E-state index is 12.8. The van der Waals surface area contributed by atoms with E-state index in [-0.39, 0.29) is 47.7 Å². The molecule has 0 fully saturated rings. The number of aromatic nitrogens is 2. The van der Waals surface area contributed by atoms with Crippen LogP contribution in [0.3, 0.4) is 0 Å². The van der Waals surface area contributed by atoms with Gasteiger partial charge in [0.15, 0.2) is 16.8 Å². The SMILES string of the molecule is CCCC(c1ccccc1)N(C(=N)N)C(=O)c1nccnc1Cl.Cl.Cl. The second-order valence-electron chi connectivity index (χ2n) is 4.97. The Bertz CT molecular complexity index is 699. The van der Waals surface area contributed by atoms with Crippen molar-refractivity contribution in [2.45, 2.75) is 25.8 Å². The van der Waals surface area contributed by atoms with E-state index in [0.717, 1.165) is 12.0 Å². The first-order valence-electron chi connectivity index (χ1n) is 7.25. The third-order valence-electron chi connectivity index (χ3n) is 3.39. The third kappa shape index (κ3) is 5.56. The molecular formula is C16H20Cl3N5O. The average molecular weight is 405 g/mol. The van der Waals surface area contributed by atoms with E-state index in [0.29, 0.717) is 6.42 Å². The van der Waals surface area contributed by atoms with E-state index in [1.54, 1.807) is 0 Å². The molecule has 1 unspecified atom stereocenters. The zero-order valence-electron chi connectivity index (χ0n) is 13.6. The number of hydrogen-bond donors (Lipinski definition) is 2. The molecular weight excluding hydrogens is 385 g/mol. The molecule has 2 aromatic rings. The summed E-state index contributed by atoms with van der Waals surface area (Å²) in [6.07, 6.45) is 4.27. The summed E-state index contributed by atoms with van der Waals surface area (Å²) in [6, 6.07) is 9.12. The molecule has 0 bridgehead atoms. The first-order chi connectivity index (χ1) is 11.1. The normalized spacial score (nSPS) is 10.8. The number of nitrogens with one attached hydrogen (secondary N) is 1. The van der Waals surface area contributed by atoms with Gasteiger partial charge in [0, 0.05) is 12.4 Å². The van der Waals surface area contributed by atoms with E-state index >= 15 is 0 Å². The second-order valence-corrected chi connectivity index (χ2v) is 5.33. The lowest BCUT2D eigenvalue weighted by Gasteiger charge is -2.30. The Balaban J connectivity index is 0.00000288. The van der Waals surface area contributed by atoms with Gasteiger partial charge in [0.2, 0.25) is 0 Å². The Labute approximate surface area is 164 Å². The molecule has 1 atom stereocenters. The zero-order valence-corrected chi connectivity index (χ0v) is 15.9. The fourth-order valence-corrected chi connectivity index (χ4v) is 2.58. The first-order valence-corrected chi connectivity index (χ1v) is 7.63. The topological polar surface area (TPSA) is 96.0 Å². The van der Waals surface area contributed by atoms with Crippen LogP contribution in [0.5, 0.6) is 0 Å². The fraction of sp³-hybridized carbons (Fsp3) is 0.250. The Morgan fingerprint density at radius 1 is 1.24 bits per heavy atom. The molecule has 3 N–H and O–H groups in total. The smallest absolute Gasteiger partial charge is 0.282 e. The molecule has 25 heavy (non-hydrogen) atoms. The maximum Gasteiger partial charge on any atom is 0.282 e. The highest BCUT2D eigenvalue weighted by Gasteiger charge is 2.30. The van der Waals surface area contributed by atoms with Crippen LogP contribution in [-0.2, 0) is 0 Å². The molecule has 0 saturated carbocycles. The molecule has 1 heterocycles. The summed E-state index contributed by atoms with van der Waals surface area (Å²) in [7, 11) is 0. The predicted molar refractivity (Wildman–Crippen MR) is 104 cm³/mol. The number of amides is 1. The molecule has 2 rings (SSSR count). The number of carbonyl (C=O) groups is 1. The van der Waals surface area contributed by atoms with Gasteiger partial charge in [-0.3, -0.25) is 15.1 Å². The monoisotopic (exact) mass is 403 g/mol. The van der Waals surface area contributed by atoms with Crippen LogP contribution in [0.4, 0.5) is 0 Å². The highest BCUT2D eigenvalue weighted by molar-refractivity contribution is 6.32. The van der Waals surface area contributed by atoms with E-state index < -0.39 is 5.91 Å². The Morgan fingerprint density at radius 3 is 2.36 bits per heavy atom. The molecule has 1 amide bonds. The summed E-state index contributed by atoms with van der Waals surface area (Å²) in [4.78, 5) is 21.9. The standard InChI is InChI=1S/C16H18ClN5O.2ClH/c1-2-6-12(11-7-4-3-5-8-11)22(16(18)19)15(23)13-14(17)21-10-9-20-13;;/h3-5,7-10,12H,2,6H2,1H3,(H3,18,19);2*1H. The third-order valence-corrected chi connectivity index (χ3v) is 3.67. The summed E-state index contributed by atoms with van der Waals surface area (Å²) in [6.45, 7) is 2.01. The second kappa shape index (κ2) is 10.9. The summed E-state index contributed by atoms with van der Waals surface area (Å²) >= 11 is 5.96. The lowest BCUT2D eigenvalue weighted by atomic mass is 10.0. The van der Waals surface area contributed by atoms with Gasteiger partial charge in [0.25, 0.3) is 5.91 Å². The van der Waals surface area contributed by atoms with E-state index in [1.807, 2.05) is 37.3 Å². The molecule has 136 valence electrons. The van der Waals surface area contributed by atoms with Crippen molar-refractivity contribution in [3.05, 3.63) is 59.1 Å². The van der Waals surface area contributed by atoms with Crippen molar-refractivity contribution in [1.29, 1.82) is 5.41 Å². The van der Waals surface area contributed by atoms with Crippen LogP contribution in [-0.4, -0.2) is 26.7 Å². The van der Waals surface area contributed by atoms with Crippen LogP contribution in [0.2, 0.25) is 5.15 Å². The van der Waals surface area contributed by atoms with Crippen molar-refractivity contribution < 1.29 is 4.79 Å². The van der Waals surface area contributed by atoms with Gasteiger partial charge in [-0.25, -0.2) is 9.97 Å². The summed E-state index contributed by atoms with van der Waals surface area (Å²) in [5.41, 5.74) is 6.58. The molecule has 6 nitrogen and oxygen atoms in total. The number of hydrogen-bond acceptors (Lipinski definition) is 4. The number of nitrogens with zero attached hydrogens (tertiary/aromatic N) is 3. The van der Waals surface area contributed by atoms with Gasteiger partial charge >= 0.3 is 0 Å². The summed E-state index contributed by atoms with van der Waals surface area (Å²) in [5, 5.41) is 7.84. The summed E-state index contributed by atoms with van der Waals surface area (Å²) < 4.78 is 0. The van der Waals surface area contributed by atoms with Gasteiger partial charge in [0.05, 0.1) is 6.04 Å². The van der Waals surface area contributed by atoms with Crippen LogP contribution in [0.25, 0.3) is 0 Å². The van der Waals surface area contributed by atoms with Gasteiger partial charge in [-0.05, 0) is 12.0 Å². The highest BCUT2D eigenvalue weighted by atomic mass is 35.5. The van der Waals surface area contributed by atoms with Crippen LogP contribution < -0.4 is 5.73 Å². The van der Waals surface area contributed by atoms with Gasteiger partial charge in [0.1, 0.15) is 0 Å². The van der Waals surface area contributed by atoms with Crippen molar-refractivity contribution in [3.8, 4) is 0 Å². The largest absolute Gasteiger partial charge is 0.370 e. The Hall–Kier alpha value is -1.89. The van der Waals surface area contributed by atoms with Gasteiger partial charge in [-0.1, -0.05) is 55.3 Å². The minimum absolute atomic E-state index is 0. The van der Waals surface area contributed by atoms with E-state index in [9.17, 15) is 4.79 Å². The van der Waals surface area contributed by atoms with Crippen molar-refractivity contribution >= 4 is 48.3 Å². The van der Waals surface area contributed by atoms with Crippen LogP contribution in [0, 0.1) is 5.41 Å². The quantitative estimate of drug-likeness (QED) is 0.584. The molecule has 0 spiro atoms. The minimum atomic E-state index is -0.530. The Kier molecular flexibility index (Phi) is 10.0. The van der Waals surface area contributed by atoms with Crippen molar-refractivity contribution in [2.24, 2.45) is 5.73 Å². The van der Waals surface area contributed by atoms with Crippen molar-refractivity contribution in [1.82, 2.24) is 14.9 Å². The molecule has 1 aromatic carbocycles. The number of benzene rings is 1. The van der Waals surface area contributed by atoms with Crippen LogP contribution >= 0.6 is 36.4 Å². The van der Waals surface area contributed by atoms with Crippen LogP contribution in [0.1, 0.15) is 41.9 Å². The number of guanidine groups is 1. The van der Waals surface area contributed by atoms with E-state index in [2.05, 4.69) is 9.97 Å². The highest BCUT2D eigenvalue weighted by Crippen LogP contribution is 2.27. The van der Waals surface area contributed by atoms with Crippen molar-refractivity contribution in [3.63, 3.8) is 0 Å². The van der Waals surface area contributed by atoms with Gasteiger partial charge in [-0.15, -0.1) is 24.8 Å². The zero-order chi connectivity index (χ0) is 16.8. The van der Waals surface area contributed by atoms with E-state index in [4.69, 9.17) is 22.7 Å². The Morgan fingerprint density at radius 2 is 1.84 bits per heavy atom. The molecule has 1 aromatic heterocycles. The lowest BCUT2D eigenvalue weighted by Crippen LogP contribution is -2.44. The number of carbonyl (C=O) groups excluding carboxylic acids is 1. The van der Waals surface area contributed by atoms with E-state index in [1.165, 1.54) is 17.3 Å². The maximum absolute atomic E-state index is 12.8. The average Bonchev–Trinajstić information content (AvgIpc) is 2.55. The first kappa shape index (κ1) is 23.1. The lowest BCUT2D eigenvalue weighted by molar-refractivity contribution is 0.0785. The molecule has 9 heteroatoms. The molecule has 0 radical (unpaired) electrons. The fourth-order valence-electron chi connectivity index (χ4n) is 2.39. The molecule has 0 saturated heterocycles. The number of rotatable bonds is 5.